The molecule has 1 saturated carbocycles. The third-order valence-electron chi connectivity index (χ3n) is 3.82. The van der Waals surface area contributed by atoms with Gasteiger partial charge in [0.2, 0.25) is 0 Å². The maximum atomic E-state index is 6.04. The van der Waals surface area contributed by atoms with Crippen LogP contribution in [0.15, 0.2) is 18.5 Å². The minimum Gasteiger partial charge on any atom is -0.376 e. The molecule has 2 atom stereocenters. The van der Waals surface area contributed by atoms with Crippen LogP contribution in [0.2, 0.25) is 5.02 Å². The van der Waals surface area contributed by atoms with E-state index >= 15 is 0 Å². The Morgan fingerprint density at radius 3 is 2.83 bits per heavy atom. The average molecular weight is 269 g/mol. The van der Waals surface area contributed by atoms with E-state index in [2.05, 4.69) is 4.98 Å². The smallest absolute Gasteiger partial charge is 0.0732 e. The Morgan fingerprint density at radius 2 is 2.11 bits per heavy atom. The molecule has 0 amide bonds. The molecule has 0 aromatic carbocycles. The predicted octanol–water partition coefficient (Wildman–Crippen LogP) is 3.02. The van der Waals surface area contributed by atoms with E-state index < -0.39 is 0 Å². The van der Waals surface area contributed by atoms with Crippen LogP contribution >= 0.6 is 11.6 Å². The van der Waals surface area contributed by atoms with Crippen molar-refractivity contribution in [1.82, 2.24) is 4.98 Å². The van der Waals surface area contributed by atoms with Crippen molar-refractivity contribution in [2.75, 3.05) is 13.2 Å². The van der Waals surface area contributed by atoms with Crippen molar-refractivity contribution in [3.8, 4) is 0 Å². The van der Waals surface area contributed by atoms with Gasteiger partial charge in [0.15, 0.2) is 0 Å². The molecule has 1 heterocycles. The Morgan fingerprint density at radius 1 is 1.33 bits per heavy atom. The van der Waals surface area contributed by atoms with Crippen molar-refractivity contribution in [2.24, 2.45) is 17.6 Å². The molecule has 100 valence electrons. The molecule has 0 aliphatic heterocycles. The van der Waals surface area contributed by atoms with Crippen LogP contribution < -0.4 is 5.73 Å². The Kier molecular flexibility index (Phi) is 5.42. The van der Waals surface area contributed by atoms with E-state index in [1.807, 2.05) is 6.07 Å². The summed E-state index contributed by atoms with van der Waals surface area (Å²) in [5.41, 5.74) is 6.82. The van der Waals surface area contributed by atoms with Gasteiger partial charge in [0.25, 0.3) is 0 Å². The molecule has 0 spiro atoms. The van der Waals surface area contributed by atoms with Gasteiger partial charge in [-0.3, -0.25) is 4.98 Å². The fourth-order valence-corrected chi connectivity index (χ4v) is 2.83. The third kappa shape index (κ3) is 3.67. The molecule has 1 aromatic rings. The molecular weight excluding hydrogens is 248 g/mol. The number of hydrogen-bond donors (Lipinski definition) is 1. The van der Waals surface area contributed by atoms with Crippen molar-refractivity contribution in [3.05, 3.63) is 29.0 Å². The van der Waals surface area contributed by atoms with Crippen molar-refractivity contribution in [3.63, 3.8) is 0 Å². The van der Waals surface area contributed by atoms with Gasteiger partial charge in [-0.05, 0) is 42.9 Å². The Bertz CT molecular complexity index is 373. The lowest BCUT2D eigenvalue weighted by Crippen LogP contribution is -2.29. The molecule has 3 nitrogen and oxygen atoms in total. The van der Waals surface area contributed by atoms with Crippen LogP contribution in [0.3, 0.4) is 0 Å². The van der Waals surface area contributed by atoms with Gasteiger partial charge in [0.1, 0.15) is 0 Å². The first-order valence-electron chi connectivity index (χ1n) is 6.67. The Labute approximate surface area is 114 Å². The van der Waals surface area contributed by atoms with E-state index in [-0.39, 0.29) is 0 Å². The Hall–Kier alpha value is -0.640. The first-order valence-corrected chi connectivity index (χ1v) is 7.05. The molecule has 0 saturated heterocycles. The molecular formula is C14H21ClN2O. The van der Waals surface area contributed by atoms with Crippen molar-refractivity contribution in [1.29, 1.82) is 0 Å². The van der Waals surface area contributed by atoms with Crippen molar-refractivity contribution < 1.29 is 4.74 Å². The lowest BCUT2D eigenvalue weighted by molar-refractivity contribution is 0.0512. The highest BCUT2D eigenvalue weighted by Gasteiger charge is 2.23. The Balaban J connectivity index is 1.79. The number of rotatable bonds is 5. The van der Waals surface area contributed by atoms with E-state index in [1.165, 1.54) is 25.7 Å². The average Bonchev–Trinajstić information content (AvgIpc) is 2.41. The molecule has 1 aromatic heterocycles. The number of nitrogens with zero attached hydrogens (tertiary/aromatic N) is 1. The second kappa shape index (κ2) is 7.07. The highest BCUT2D eigenvalue weighted by Crippen LogP contribution is 2.29. The maximum absolute atomic E-state index is 6.04. The quantitative estimate of drug-likeness (QED) is 0.893. The van der Waals surface area contributed by atoms with Gasteiger partial charge in [-0.2, -0.15) is 0 Å². The van der Waals surface area contributed by atoms with Crippen LogP contribution in [0.25, 0.3) is 0 Å². The molecule has 1 aliphatic rings. The van der Waals surface area contributed by atoms with E-state index in [4.69, 9.17) is 22.1 Å². The predicted molar refractivity (Wildman–Crippen MR) is 73.4 cm³/mol. The van der Waals surface area contributed by atoms with Crippen LogP contribution in [-0.2, 0) is 11.3 Å². The van der Waals surface area contributed by atoms with Crippen LogP contribution in [0, 0.1) is 11.8 Å². The lowest BCUT2D eigenvalue weighted by Gasteiger charge is -2.30. The van der Waals surface area contributed by atoms with Crippen molar-refractivity contribution >= 4 is 11.6 Å². The molecule has 2 N–H and O–H groups in total. The molecule has 2 unspecified atom stereocenters. The standard InChI is InChI=1S/C14H21ClN2O/c15-14-8-17-6-5-13(14)10-18-9-12-4-2-1-3-11(12)7-16/h5-6,8,11-12H,1-4,7,9-10,16H2. The first kappa shape index (κ1) is 13.8. The zero-order valence-electron chi connectivity index (χ0n) is 10.6. The second-order valence-corrected chi connectivity index (χ2v) is 5.43. The zero-order chi connectivity index (χ0) is 12.8. The van der Waals surface area contributed by atoms with Crippen LogP contribution in [-0.4, -0.2) is 18.1 Å². The fourth-order valence-electron chi connectivity index (χ4n) is 2.66. The van der Waals surface area contributed by atoms with Gasteiger partial charge < -0.3 is 10.5 Å². The topological polar surface area (TPSA) is 48.1 Å². The number of aromatic nitrogens is 1. The van der Waals surface area contributed by atoms with Crippen LogP contribution in [0.5, 0.6) is 0 Å². The number of ether oxygens (including phenoxy) is 1. The van der Waals surface area contributed by atoms with Gasteiger partial charge in [0, 0.05) is 12.4 Å². The summed E-state index contributed by atoms with van der Waals surface area (Å²) in [6.45, 7) is 2.14. The van der Waals surface area contributed by atoms with Gasteiger partial charge in [-0.15, -0.1) is 0 Å². The second-order valence-electron chi connectivity index (χ2n) is 5.02. The first-order chi connectivity index (χ1) is 8.81. The largest absolute Gasteiger partial charge is 0.376 e. The summed E-state index contributed by atoms with van der Waals surface area (Å²) < 4.78 is 5.80. The third-order valence-corrected chi connectivity index (χ3v) is 4.16. The van der Waals surface area contributed by atoms with E-state index in [0.29, 0.717) is 23.5 Å². The molecule has 0 bridgehead atoms. The summed E-state index contributed by atoms with van der Waals surface area (Å²) in [4.78, 5) is 3.96. The minimum absolute atomic E-state index is 0.565. The van der Waals surface area contributed by atoms with Crippen molar-refractivity contribution in [2.45, 2.75) is 32.3 Å². The molecule has 1 aliphatic carbocycles. The van der Waals surface area contributed by atoms with E-state index in [9.17, 15) is 0 Å². The highest BCUT2D eigenvalue weighted by atomic mass is 35.5. The maximum Gasteiger partial charge on any atom is 0.0732 e. The molecule has 2 rings (SSSR count). The SMILES string of the molecule is NCC1CCCCC1COCc1ccncc1Cl. The van der Waals surface area contributed by atoms with Crippen LogP contribution in [0.4, 0.5) is 0 Å². The molecule has 18 heavy (non-hydrogen) atoms. The number of pyridine rings is 1. The van der Waals surface area contributed by atoms with Gasteiger partial charge in [-0.25, -0.2) is 0 Å². The normalized spacial score (nSPS) is 24.1. The minimum atomic E-state index is 0.565. The monoisotopic (exact) mass is 268 g/mol. The summed E-state index contributed by atoms with van der Waals surface area (Å²) in [7, 11) is 0. The summed E-state index contributed by atoms with van der Waals surface area (Å²) in [6, 6.07) is 1.91. The summed E-state index contributed by atoms with van der Waals surface area (Å²) in [5.74, 6) is 1.25. The summed E-state index contributed by atoms with van der Waals surface area (Å²) in [6.07, 6.45) is 8.51. The van der Waals surface area contributed by atoms with Gasteiger partial charge in [-0.1, -0.05) is 24.4 Å². The van der Waals surface area contributed by atoms with Gasteiger partial charge >= 0.3 is 0 Å². The number of hydrogen-bond acceptors (Lipinski definition) is 3. The summed E-state index contributed by atoms with van der Waals surface area (Å²) in [5, 5.41) is 0.677. The zero-order valence-corrected chi connectivity index (χ0v) is 11.4. The fraction of sp³-hybridized carbons (Fsp3) is 0.643. The molecule has 4 heteroatoms. The molecule has 0 radical (unpaired) electrons. The summed E-state index contributed by atoms with van der Waals surface area (Å²) >= 11 is 6.04. The van der Waals surface area contributed by atoms with E-state index in [0.717, 1.165) is 18.7 Å². The highest BCUT2D eigenvalue weighted by molar-refractivity contribution is 6.31. The van der Waals surface area contributed by atoms with Crippen LogP contribution in [0.1, 0.15) is 31.2 Å². The lowest BCUT2D eigenvalue weighted by atomic mass is 9.80. The van der Waals surface area contributed by atoms with Gasteiger partial charge in [0.05, 0.1) is 18.2 Å². The number of nitrogens with two attached hydrogens (primary N) is 1. The van der Waals surface area contributed by atoms with E-state index in [1.54, 1.807) is 12.4 Å². The number of halogens is 1. The molecule has 1 fully saturated rings.